The van der Waals surface area contributed by atoms with Crippen molar-refractivity contribution in [3.8, 4) is 5.75 Å². The van der Waals surface area contributed by atoms with Gasteiger partial charge in [0.2, 0.25) is 11.8 Å². The Hall–Kier alpha value is -3.35. The van der Waals surface area contributed by atoms with E-state index in [2.05, 4.69) is 5.32 Å². The first-order valence-electron chi connectivity index (χ1n) is 7.68. The molecule has 128 valence electrons. The van der Waals surface area contributed by atoms with Crippen molar-refractivity contribution in [2.24, 2.45) is 5.92 Å². The molecule has 0 bridgehead atoms. The molecule has 1 unspecified atom stereocenters. The fraction of sp³-hybridized carbons (Fsp3) is 0.167. The highest BCUT2D eigenvalue weighted by Gasteiger charge is 2.35. The van der Waals surface area contributed by atoms with Gasteiger partial charge < -0.3 is 20.4 Å². The lowest BCUT2D eigenvalue weighted by Crippen LogP contribution is -2.28. The number of hydrogen-bond acceptors (Lipinski definition) is 4. The average Bonchev–Trinajstić information content (AvgIpc) is 2.97. The third-order valence-electron chi connectivity index (χ3n) is 4.06. The molecule has 1 aliphatic rings. The Kier molecular flexibility index (Phi) is 4.38. The van der Waals surface area contributed by atoms with Crippen molar-refractivity contribution in [1.82, 2.24) is 0 Å². The minimum absolute atomic E-state index is 0.0971. The van der Waals surface area contributed by atoms with Crippen LogP contribution < -0.4 is 10.2 Å². The number of amides is 2. The topological polar surface area (TPSA) is 107 Å². The number of carbonyl (C=O) groups is 3. The number of carbonyl (C=O) groups excluding carboxylic acids is 2. The molecule has 0 spiro atoms. The zero-order valence-corrected chi connectivity index (χ0v) is 13.2. The lowest BCUT2D eigenvalue weighted by Gasteiger charge is -2.16. The number of aromatic hydroxyl groups is 1. The first kappa shape index (κ1) is 16.5. The summed E-state index contributed by atoms with van der Waals surface area (Å²) < 4.78 is 0. The van der Waals surface area contributed by atoms with Crippen molar-refractivity contribution in [3.63, 3.8) is 0 Å². The molecule has 3 rings (SSSR count). The van der Waals surface area contributed by atoms with Crippen molar-refractivity contribution in [2.45, 2.75) is 6.42 Å². The normalized spacial score (nSPS) is 16.7. The number of carboxylic acids is 1. The Morgan fingerprint density at radius 1 is 1.12 bits per heavy atom. The molecule has 2 aromatic rings. The number of nitrogens with one attached hydrogen (secondary N) is 1. The molecule has 7 nitrogen and oxygen atoms in total. The van der Waals surface area contributed by atoms with Crippen molar-refractivity contribution < 1.29 is 24.6 Å². The van der Waals surface area contributed by atoms with Crippen LogP contribution in [-0.2, 0) is 9.59 Å². The van der Waals surface area contributed by atoms with E-state index in [4.69, 9.17) is 5.11 Å². The molecule has 0 saturated carbocycles. The molecule has 1 heterocycles. The number of carboxylic acid groups (broad SMARTS) is 1. The second-order valence-electron chi connectivity index (χ2n) is 5.77. The highest BCUT2D eigenvalue weighted by atomic mass is 16.4. The standard InChI is InChI=1S/C18H16N2O5/c21-15-9-12(6-7-14(15)18(24)25)19-17(23)11-8-16(22)20(10-11)13-4-2-1-3-5-13/h1-7,9,11,21H,8,10H2,(H,19,23)(H,24,25). The van der Waals surface area contributed by atoms with Gasteiger partial charge in [0.25, 0.3) is 0 Å². The van der Waals surface area contributed by atoms with Gasteiger partial charge in [-0.15, -0.1) is 0 Å². The molecule has 0 aromatic heterocycles. The zero-order valence-electron chi connectivity index (χ0n) is 13.2. The molecule has 1 saturated heterocycles. The zero-order chi connectivity index (χ0) is 18.0. The first-order valence-corrected chi connectivity index (χ1v) is 7.68. The Morgan fingerprint density at radius 3 is 2.48 bits per heavy atom. The monoisotopic (exact) mass is 340 g/mol. The molecule has 25 heavy (non-hydrogen) atoms. The summed E-state index contributed by atoms with van der Waals surface area (Å²) in [5.41, 5.74) is 0.772. The van der Waals surface area contributed by atoms with Crippen molar-refractivity contribution in [2.75, 3.05) is 16.8 Å². The van der Waals surface area contributed by atoms with Crippen LogP contribution in [0.2, 0.25) is 0 Å². The molecule has 1 aliphatic heterocycles. The fourth-order valence-corrected chi connectivity index (χ4v) is 2.78. The van der Waals surface area contributed by atoms with E-state index >= 15 is 0 Å². The van der Waals surface area contributed by atoms with E-state index in [1.807, 2.05) is 18.2 Å². The van der Waals surface area contributed by atoms with E-state index in [1.54, 1.807) is 17.0 Å². The molecule has 0 radical (unpaired) electrons. The predicted molar refractivity (Wildman–Crippen MR) is 90.6 cm³/mol. The summed E-state index contributed by atoms with van der Waals surface area (Å²) in [5, 5.41) is 21.2. The Bertz CT molecular complexity index is 835. The molecule has 0 aliphatic carbocycles. The number of para-hydroxylation sites is 1. The second-order valence-corrected chi connectivity index (χ2v) is 5.77. The van der Waals surface area contributed by atoms with E-state index < -0.39 is 17.6 Å². The summed E-state index contributed by atoms with van der Waals surface area (Å²) in [6.07, 6.45) is 0.0971. The van der Waals surface area contributed by atoms with E-state index in [0.29, 0.717) is 0 Å². The maximum atomic E-state index is 12.4. The van der Waals surface area contributed by atoms with Gasteiger partial charge in [-0.3, -0.25) is 9.59 Å². The molecule has 3 N–H and O–H groups in total. The van der Waals surface area contributed by atoms with Crippen molar-refractivity contribution >= 4 is 29.2 Å². The first-order chi connectivity index (χ1) is 12.0. The van der Waals surface area contributed by atoms with Gasteiger partial charge in [-0.1, -0.05) is 18.2 Å². The van der Waals surface area contributed by atoms with Gasteiger partial charge in [0.1, 0.15) is 11.3 Å². The van der Waals surface area contributed by atoms with E-state index in [0.717, 1.165) is 5.69 Å². The molecule has 7 heteroatoms. The molecular weight excluding hydrogens is 324 g/mol. The van der Waals surface area contributed by atoms with Crippen LogP contribution in [0.25, 0.3) is 0 Å². The van der Waals surface area contributed by atoms with Crippen LogP contribution in [0.1, 0.15) is 16.8 Å². The van der Waals surface area contributed by atoms with E-state index in [1.165, 1.54) is 18.2 Å². The van der Waals surface area contributed by atoms with Crippen LogP contribution in [0.15, 0.2) is 48.5 Å². The SMILES string of the molecule is O=C(O)c1ccc(NC(=O)C2CC(=O)N(c3ccccc3)C2)cc1O. The van der Waals surface area contributed by atoms with Gasteiger partial charge in [0.05, 0.1) is 5.92 Å². The number of aromatic carboxylic acids is 1. The lowest BCUT2D eigenvalue weighted by molar-refractivity contribution is -0.122. The van der Waals surface area contributed by atoms with Crippen molar-refractivity contribution in [3.05, 3.63) is 54.1 Å². The van der Waals surface area contributed by atoms with Gasteiger partial charge in [0.15, 0.2) is 0 Å². The number of rotatable bonds is 4. The Balaban J connectivity index is 1.69. The van der Waals surface area contributed by atoms with Crippen LogP contribution in [0, 0.1) is 5.92 Å². The lowest BCUT2D eigenvalue weighted by atomic mass is 10.1. The fourth-order valence-electron chi connectivity index (χ4n) is 2.78. The predicted octanol–water partition coefficient (Wildman–Crippen LogP) is 2.08. The van der Waals surface area contributed by atoms with E-state index in [-0.39, 0.29) is 36.0 Å². The minimum Gasteiger partial charge on any atom is -0.507 e. The van der Waals surface area contributed by atoms with Gasteiger partial charge in [-0.05, 0) is 24.3 Å². The summed E-state index contributed by atoms with van der Waals surface area (Å²) in [5.74, 6) is -2.69. The van der Waals surface area contributed by atoms with Gasteiger partial charge in [-0.25, -0.2) is 4.79 Å². The quantitative estimate of drug-likeness (QED) is 0.790. The number of hydrogen-bond donors (Lipinski definition) is 3. The van der Waals surface area contributed by atoms with Crippen molar-refractivity contribution in [1.29, 1.82) is 0 Å². The third kappa shape index (κ3) is 3.45. The van der Waals surface area contributed by atoms with Gasteiger partial charge in [0, 0.05) is 30.4 Å². The van der Waals surface area contributed by atoms with Gasteiger partial charge >= 0.3 is 5.97 Å². The molecule has 1 atom stereocenters. The number of phenols is 1. The maximum Gasteiger partial charge on any atom is 0.339 e. The van der Waals surface area contributed by atoms with Crippen LogP contribution in [-0.4, -0.2) is 34.5 Å². The third-order valence-corrected chi connectivity index (χ3v) is 4.06. The highest BCUT2D eigenvalue weighted by Crippen LogP contribution is 2.27. The van der Waals surface area contributed by atoms with Crippen LogP contribution >= 0.6 is 0 Å². The average molecular weight is 340 g/mol. The summed E-state index contributed by atoms with van der Waals surface area (Å²) >= 11 is 0. The maximum absolute atomic E-state index is 12.4. The minimum atomic E-state index is -1.25. The van der Waals surface area contributed by atoms with Crippen LogP contribution in [0.4, 0.5) is 11.4 Å². The summed E-state index contributed by atoms with van der Waals surface area (Å²) in [6.45, 7) is 0.272. The van der Waals surface area contributed by atoms with Gasteiger partial charge in [-0.2, -0.15) is 0 Å². The van der Waals surface area contributed by atoms with Crippen LogP contribution in [0.3, 0.4) is 0 Å². The molecular formula is C18H16N2O5. The number of anilines is 2. The summed E-state index contributed by atoms with van der Waals surface area (Å²) in [7, 11) is 0. The highest BCUT2D eigenvalue weighted by molar-refractivity contribution is 6.03. The summed E-state index contributed by atoms with van der Waals surface area (Å²) in [6, 6.07) is 12.9. The number of benzene rings is 2. The smallest absolute Gasteiger partial charge is 0.339 e. The molecule has 2 aromatic carbocycles. The summed E-state index contributed by atoms with van der Waals surface area (Å²) in [4.78, 5) is 37.0. The second kappa shape index (κ2) is 6.64. The molecule has 2 amide bonds. The largest absolute Gasteiger partial charge is 0.507 e. The number of nitrogens with zero attached hydrogens (tertiary/aromatic N) is 1. The Morgan fingerprint density at radius 2 is 1.84 bits per heavy atom. The Labute approximate surface area is 143 Å². The van der Waals surface area contributed by atoms with Crippen LogP contribution in [0.5, 0.6) is 5.75 Å². The van der Waals surface area contributed by atoms with E-state index in [9.17, 15) is 19.5 Å². The molecule has 1 fully saturated rings.